The molecule has 1 aliphatic heterocycles. The highest BCUT2D eigenvalue weighted by Gasteiger charge is 2.19. The Kier molecular flexibility index (Phi) is 1.99. The fourth-order valence-corrected chi connectivity index (χ4v) is 2.04. The summed E-state index contributed by atoms with van der Waals surface area (Å²) in [6.07, 6.45) is 1.70. The summed E-state index contributed by atoms with van der Waals surface area (Å²) < 4.78 is 0. The van der Waals surface area contributed by atoms with Gasteiger partial charge in [-0.15, -0.1) is 0 Å². The molecule has 0 amide bonds. The Morgan fingerprint density at radius 3 is 2.38 bits per heavy atom. The number of aromatic nitrogens is 2. The molecule has 0 saturated carbocycles. The Morgan fingerprint density at radius 2 is 1.75 bits per heavy atom. The summed E-state index contributed by atoms with van der Waals surface area (Å²) in [6.45, 7) is 1.79. The van der Waals surface area contributed by atoms with E-state index in [1.54, 1.807) is 6.20 Å². The number of nitrogens with zero attached hydrogens (tertiary/aromatic N) is 3. The molecule has 1 aromatic heterocycles. The van der Waals surface area contributed by atoms with Crippen LogP contribution in [0, 0.1) is 0 Å². The summed E-state index contributed by atoms with van der Waals surface area (Å²) in [6, 6.07) is 10.3. The van der Waals surface area contributed by atoms with Crippen molar-refractivity contribution in [1.29, 1.82) is 0 Å². The number of hydrogen-bond donors (Lipinski definition) is 1. The summed E-state index contributed by atoms with van der Waals surface area (Å²) in [5.74, 6) is 1.22. The van der Waals surface area contributed by atoms with Crippen LogP contribution < -0.4 is 10.6 Å². The molecule has 0 saturated heterocycles. The molecule has 0 radical (unpaired) electrons. The van der Waals surface area contributed by atoms with E-state index in [-0.39, 0.29) is 0 Å². The molecule has 0 unspecified atom stereocenters. The summed E-state index contributed by atoms with van der Waals surface area (Å²) in [5.41, 5.74) is 8.30. The molecule has 4 heteroatoms. The van der Waals surface area contributed by atoms with Crippen LogP contribution in [0.5, 0.6) is 0 Å². The predicted molar refractivity (Wildman–Crippen MR) is 62.8 cm³/mol. The molecule has 4 nitrogen and oxygen atoms in total. The van der Waals surface area contributed by atoms with Gasteiger partial charge in [-0.1, -0.05) is 24.3 Å². The molecule has 2 aromatic rings. The van der Waals surface area contributed by atoms with Crippen molar-refractivity contribution in [2.24, 2.45) is 0 Å². The molecule has 16 heavy (non-hydrogen) atoms. The van der Waals surface area contributed by atoms with E-state index in [2.05, 4.69) is 39.1 Å². The van der Waals surface area contributed by atoms with Gasteiger partial charge < -0.3 is 10.6 Å². The molecular formula is C12H12N4. The molecule has 0 fully saturated rings. The Morgan fingerprint density at radius 1 is 1.06 bits per heavy atom. The lowest BCUT2D eigenvalue weighted by Crippen LogP contribution is -2.16. The molecule has 2 heterocycles. The Balaban J connectivity index is 1.91. The number of hydrogen-bond acceptors (Lipinski definition) is 4. The van der Waals surface area contributed by atoms with Crippen molar-refractivity contribution in [3.05, 3.63) is 47.7 Å². The summed E-state index contributed by atoms with van der Waals surface area (Å²) in [5, 5.41) is 0. The Labute approximate surface area is 93.8 Å². The summed E-state index contributed by atoms with van der Waals surface area (Å²) in [4.78, 5) is 10.3. The van der Waals surface area contributed by atoms with Gasteiger partial charge in [-0.3, -0.25) is 0 Å². The fourth-order valence-electron chi connectivity index (χ4n) is 2.04. The maximum Gasteiger partial charge on any atom is 0.221 e. The van der Waals surface area contributed by atoms with Crippen LogP contribution in [0.4, 0.5) is 11.8 Å². The lowest BCUT2D eigenvalue weighted by atomic mass is 10.1. The SMILES string of the molecule is Nc1nccc(N2Cc3ccccc3C2)n1. The van der Waals surface area contributed by atoms with Gasteiger partial charge in [0.15, 0.2) is 0 Å². The van der Waals surface area contributed by atoms with Crippen molar-refractivity contribution < 1.29 is 0 Å². The quantitative estimate of drug-likeness (QED) is 0.779. The maximum absolute atomic E-state index is 5.58. The second kappa shape index (κ2) is 3.48. The average Bonchev–Trinajstić information content (AvgIpc) is 2.72. The van der Waals surface area contributed by atoms with E-state index < -0.39 is 0 Å². The van der Waals surface area contributed by atoms with Gasteiger partial charge in [0.25, 0.3) is 0 Å². The number of rotatable bonds is 1. The number of anilines is 2. The lowest BCUT2D eigenvalue weighted by molar-refractivity contribution is 0.853. The molecule has 3 rings (SSSR count). The third kappa shape index (κ3) is 1.48. The van der Waals surface area contributed by atoms with Crippen LogP contribution in [0.1, 0.15) is 11.1 Å². The van der Waals surface area contributed by atoms with E-state index in [0.717, 1.165) is 18.9 Å². The number of fused-ring (bicyclic) bond motifs is 1. The first kappa shape index (κ1) is 9.15. The van der Waals surface area contributed by atoms with Crippen LogP contribution in [0.15, 0.2) is 36.5 Å². The molecule has 1 aromatic carbocycles. The smallest absolute Gasteiger partial charge is 0.221 e. The van der Waals surface area contributed by atoms with Crippen molar-refractivity contribution in [3.8, 4) is 0 Å². The van der Waals surface area contributed by atoms with E-state index in [1.165, 1.54) is 11.1 Å². The lowest BCUT2D eigenvalue weighted by Gasteiger charge is -2.15. The van der Waals surface area contributed by atoms with Gasteiger partial charge in [0.05, 0.1) is 0 Å². The van der Waals surface area contributed by atoms with Crippen molar-refractivity contribution >= 4 is 11.8 Å². The van der Waals surface area contributed by atoms with Gasteiger partial charge in [-0.25, -0.2) is 4.98 Å². The molecule has 1 aliphatic rings. The van der Waals surface area contributed by atoms with Gasteiger partial charge in [0, 0.05) is 19.3 Å². The zero-order valence-corrected chi connectivity index (χ0v) is 8.80. The van der Waals surface area contributed by atoms with Crippen molar-refractivity contribution in [3.63, 3.8) is 0 Å². The monoisotopic (exact) mass is 212 g/mol. The summed E-state index contributed by atoms with van der Waals surface area (Å²) in [7, 11) is 0. The van der Waals surface area contributed by atoms with Crippen molar-refractivity contribution in [1.82, 2.24) is 9.97 Å². The van der Waals surface area contributed by atoms with Crippen LogP contribution in [0.3, 0.4) is 0 Å². The number of nitrogen functional groups attached to an aromatic ring is 1. The number of nitrogens with two attached hydrogens (primary N) is 1. The highest BCUT2D eigenvalue weighted by molar-refractivity contribution is 5.48. The molecular weight excluding hydrogens is 200 g/mol. The largest absolute Gasteiger partial charge is 0.368 e. The van der Waals surface area contributed by atoms with E-state index in [0.29, 0.717) is 5.95 Å². The third-order valence-electron chi connectivity index (χ3n) is 2.82. The number of benzene rings is 1. The minimum absolute atomic E-state index is 0.327. The first-order valence-electron chi connectivity index (χ1n) is 5.23. The third-order valence-corrected chi connectivity index (χ3v) is 2.82. The molecule has 0 bridgehead atoms. The van der Waals surface area contributed by atoms with Crippen LogP contribution in [0.25, 0.3) is 0 Å². The Bertz CT molecular complexity index is 499. The van der Waals surface area contributed by atoms with Crippen molar-refractivity contribution in [2.45, 2.75) is 13.1 Å². The molecule has 2 N–H and O–H groups in total. The topological polar surface area (TPSA) is 55.0 Å². The summed E-state index contributed by atoms with van der Waals surface area (Å²) >= 11 is 0. The fraction of sp³-hybridized carbons (Fsp3) is 0.167. The molecule has 0 spiro atoms. The van der Waals surface area contributed by atoms with Gasteiger partial charge in [0.2, 0.25) is 5.95 Å². The Hall–Kier alpha value is -2.10. The standard InChI is InChI=1S/C12H12N4/c13-12-14-6-5-11(15-12)16-7-9-3-1-2-4-10(9)8-16/h1-6H,7-8H2,(H2,13,14,15). The van der Waals surface area contributed by atoms with Crippen LogP contribution in [-0.4, -0.2) is 9.97 Å². The first-order valence-corrected chi connectivity index (χ1v) is 5.23. The molecule has 80 valence electrons. The minimum Gasteiger partial charge on any atom is -0.368 e. The normalized spacial score (nSPS) is 13.9. The molecule has 0 atom stereocenters. The highest BCUT2D eigenvalue weighted by Crippen LogP contribution is 2.26. The highest BCUT2D eigenvalue weighted by atomic mass is 15.2. The van der Waals surface area contributed by atoms with Gasteiger partial charge >= 0.3 is 0 Å². The van der Waals surface area contributed by atoms with Crippen LogP contribution >= 0.6 is 0 Å². The second-order valence-corrected chi connectivity index (χ2v) is 3.90. The van der Waals surface area contributed by atoms with E-state index in [4.69, 9.17) is 5.73 Å². The average molecular weight is 212 g/mol. The maximum atomic E-state index is 5.58. The van der Waals surface area contributed by atoms with Crippen LogP contribution in [0.2, 0.25) is 0 Å². The van der Waals surface area contributed by atoms with E-state index in [1.807, 2.05) is 6.07 Å². The van der Waals surface area contributed by atoms with Gasteiger partial charge in [0.1, 0.15) is 5.82 Å². The predicted octanol–water partition coefficient (Wildman–Crippen LogP) is 1.58. The van der Waals surface area contributed by atoms with Gasteiger partial charge in [-0.05, 0) is 17.2 Å². The van der Waals surface area contributed by atoms with Crippen LogP contribution in [-0.2, 0) is 13.1 Å². The molecule has 0 aliphatic carbocycles. The van der Waals surface area contributed by atoms with E-state index in [9.17, 15) is 0 Å². The second-order valence-electron chi connectivity index (χ2n) is 3.90. The van der Waals surface area contributed by atoms with Gasteiger partial charge in [-0.2, -0.15) is 4.98 Å². The minimum atomic E-state index is 0.327. The zero-order chi connectivity index (χ0) is 11.0. The van der Waals surface area contributed by atoms with Crippen molar-refractivity contribution in [2.75, 3.05) is 10.6 Å². The zero-order valence-electron chi connectivity index (χ0n) is 8.80. The first-order chi connectivity index (χ1) is 7.83. The van der Waals surface area contributed by atoms with E-state index >= 15 is 0 Å².